The molecule has 0 fully saturated rings. The molecule has 0 saturated carbocycles. The Labute approximate surface area is 153 Å². The lowest BCUT2D eigenvalue weighted by atomic mass is 10.1. The van der Waals surface area contributed by atoms with Gasteiger partial charge in [-0.15, -0.1) is 0 Å². The molecule has 0 radical (unpaired) electrons. The first kappa shape index (κ1) is 17.9. The van der Waals surface area contributed by atoms with Gasteiger partial charge in [-0.05, 0) is 37.5 Å². The number of ether oxygens (including phenoxy) is 1. The molecule has 0 N–H and O–H groups in total. The molecule has 1 heterocycles. The smallest absolute Gasteiger partial charge is 0.311 e. The van der Waals surface area contributed by atoms with Gasteiger partial charge in [-0.2, -0.15) is 4.98 Å². The van der Waals surface area contributed by atoms with Crippen LogP contribution in [0.5, 0.6) is 5.75 Å². The van der Waals surface area contributed by atoms with Gasteiger partial charge in [-0.25, -0.2) is 0 Å². The molecule has 1 aromatic heterocycles. The van der Waals surface area contributed by atoms with Crippen LogP contribution in [0.2, 0.25) is 0 Å². The maximum atomic E-state index is 12.1. The molecule has 3 aromatic rings. The molecule has 0 aliphatic rings. The predicted octanol–water partition coefficient (Wildman–Crippen LogP) is 4.45. The third-order valence-electron chi connectivity index (χ3n) is 4.19. The Morgan fingerprint density at radius 3 is 2.58 bits per heavy atom. The summed E-state index contributed by atoms with van der Waals surface area (Å²) in [7, 11) is 0. The van der Waals surface area contributed by atoms with Gasteiger partial charge in [0.15, 0.2) is 0 Å². The van der Waals surface area contributed by atoms with Crippen molar-refractivity contribution < 1.29 is 14.1 Å². The minimum Gasteiger partial charge on any atom is -0.426 e. The van der Waals surface area contributed by atoms with Crippen molar-refractivity contribution in [3.05, 3.63) is 65.0 Å². The van der Waals surface area contributed by atoms with Crippen molar-refractivity contribution in [1.29, 1.82) is 0 Å². The van der Waals surface area contributed by atoms with Crippen molar-refractivity contribution in [1.82, 2.24) is 10.1 Å². The molecular formula is C21H22N2O3. The highest BCUT2D eigenvalue weighted by Crippen LogP contribution is 2.20. The Morgan fingerprint density at radius 1 is 1.12 bits per heavy atom. The lowest BCUT2D eigenvalue weighted by Crippen LogP contribution is -2.10. The number of hydrogen-bond donors (Lipinski definition) is 0. The van der Waals surface area contributed by atoms with Gasteiger partial charge in [0.2, 0.25) is 11.7 Å². The fourth-order valence-corrected chi connectivity index (χ4v) is 2.66. The molecule has 0 aliphatic heterocycles. The summed E-state index contributed by atoms with van der Waals surface area (Å²) in [4.78, 5) is 16.4. The number of nitrogens with zero attached hydrogens (tertiary/aromatic N) is 2. The van der Waals surface area contributed by atoms with Gasteiger partial charge in [-0.3, -0.25) is 4.79 Å². The molecule has 0 spiro atoms. The molecule has 0 amide bonds. The molecule has 26 heavy (non-hydrogen) atoms. The van der Waals surface area contributed by atoms with Crippen LogP contribution in [0.15, 0.2) is 47.0 Å². The topological polar surface area (TPSA) is 65.2 Å². The van der Waals surface area contributed by atoms with E-state index >= 15 is 0 Å². The standard InChI is InChI=1S/C21H22N2O3/c1-4-16-6-8-17(9-7-16)21-22-19(26-23-21)11-12-20(24)25-18-10-5-14(2)13-15(18)3/h5-10,13H,4,11-12H2,1-3H3. The fourth-order valence-electron chi connectivity index (χ4n) is 2.66. The van der Waals surface area contributed by atoms with E-state index in [1.165, 1.54) is 5.56 Å². The maximum Gasteiger partial charge on any atom is 0.311 e. The number of benzene rings is 2. The van der Waals surface area contributed by atoms with E-state index < -0.39 is 0 Å². The number of esters is 1. The van der Waals surface area contributed by atoms with E-state index in [1.54, 1.807) is 0 Å². The normalized spacial score (nSPS) is 10.7. The Kier molecular flexibility index (Phi) is 5.46. The molecule has 5 heteroatoms. The van der Waals surface area contributed by atoms with Crippen LogP contribution in [-0.2, 0) is 17.6 Å². The highest BCUT2D eigenvalue weighted by Gasteiger charge is 2.13. The summed E-state index contributed by atoms with van der Waals surface area (Å²) in [5.41, 5.74) is 4.23. The number of rotatable bonds is 6. The van der Waals surface area contributed by atoms with Crippen LogP contribution in [0.25, 0.3) is 11.4 Å². The van der Waals surface area contributed by atoms with Gasteiger partial charge in [0.05, 0.1) is 6.42 Å². The Bertz CT molecular complexity index is 898. The first-order valence-corrected chi connectivity index (χ1v) is 8.75. The second kappa shape index (κ2) is 7.95. The van der Waals surface area contributed by atoms with Gasteiger partial charge < -0.3 is 9.26 Å². The zero-order valence-electron chi connectivity index (χ0n) is 15.3. The lowest BCUT2D eigenvalue weighted by Gasteiger charge is -2.07. The summed E-state index contributed by atoms with van der Waals surface area (Å²) in [5.74, 6) is 1.23. The third-order valence-corrected chi connectivity index (χ3v) is 4.19. The van der Waals surface area contributed by atoms with E-state index in [-0.39, 0.29) is 12.4 Å². The van der Waals surface area contributed by atoms with Crippen LogP contribution in [0, 0.1) is 13.8 Å². The lowest BCUT2D eigenvalue weighted by molar-refractivity contribution is -0.134. The molecule has 134 valence electrons. The van der Waals surface area contributed by atoms with E-state index in [0.29, 0.717) is 23.9 Å². The van der Waals surface area contributed by atoms with Crippen LogP contribution >= 0.6 is 0 Å². The molecule has 0 aliphatic carbocycles. The summed E-state index contributed by atoms with van der Waals surface area (Å²) in [6, 6.07) is 13.8. The second-order valence-corrected chi connectivity index (χ2v) is 6.31. The molecule has 5 nitrogen and oxygen atoms in total. The van der Waals surface area contributed by atoms with Gasteiger partial charge in [-0.1, -0.05) is 54.0 Å². The van der Waals surface area contributed by atoms with Crippen LogP contribution in [0.3, 0.4) is 0 Å². The minimum absolute atomic E-state index is 0.184. The highest BCUT2D eigenvalue weighted by atomic mass is 16.5. The average molecular weight is 350 g/mol. The number of hydrogen-bond acceptors (Lipinski definition) is 5. The fraction of sp³-hybridized carbons (Fsp3) is 0.286. The maximum absolute atomic E-state index is 12.1. The summed E-state index contributed by atoms with van der Waals surface area (Å²) >= 11 is 0. The Morgan fingerprint density at radius 2 is 1.88 bits per heavy atom. The van der Waals surface area contributed by atoms with Crippen LogP contribution in [-0.4, -0.2) is 16.1 Å². The molecule has 2 aromatic carbocycles. The molecular weight excluding hydrogens is 328 g/mol. The molecule has 0 bridgehead atoms. The highest BCUT2D eigenvalue weighted by molar-refractivity contribution is 5.73. The van der Waals surface area contributed by atoms with Crippen molar-refractivity contribution in [2.24, 2.45) is 0 Å². The third kappa shape index (κ3) is 4.36. The molecule has 3 rings (SSSR count). The summed E-state index contributed by atoms with van der Waals surface area (Å²) in [6.45, 7) is 6.03. The van der Waals surface area contributed by atoms with Crippen molar-refractivity contribution in [2.45, 2.75) is 40.0 Å². The Balaban J connectivity index is 1.58. The Hall–Kier alpha value is -2.95. The van der Waals surface area contributed by atoms with Crippen molar-refractivity contribution in [3.63, 3.8) is 0 Å². The second-order valence-electron chi connectivity index (χ2n) is 6.31. The summed E-state index contributed by atoms with van der Waals surface area (Å²) in [6.07, 6.45) is 1.52. The van der Waals surface area contributed by atoms with Gasteiger partial charge in [0.25, 0.3) is 0 Å². The molecule has 0 atom stereocenters. The van der Waals surface area contributed by atoms with E-state index in [0.717, 1.165) is 23.1 Å². The molecule has 0 saturated heterocycles. The predicted molar refractivity (Wildman–Crippen MR) is 99.0 cm³/mol. The number of aromatic nitrogens is 2. The zero-order valence-corrected chi connectivity index (χ0v) is 15.3. The van der Waals surface area contributed by atoms with Crippen molar-refractivity contribution in [3.8, 4) is 17.1 Å². The van der Waals surface area contributed by atoms with Crippen LogP contribution in [0.1, 0.15) is 35.9 Å². The number of carbonyl (C=O) groups is 1. The number of aryl methyl sites for hydroxylation is 4. The first-order chi connectivity index (χ1) is 12.5. The van der Waals surface area contributed by atoms with Crippen molar-refractivity contribution >= 4 is 5.97 Å². The zero-order chi connectivity index (χ0) is 18.5. The quantitative estimate of drug-likeness (QED) is 0.485. The summed E-state index contributed by atoms with van der Waals surface area (Å²) in [5, 5.41) is 3.99. The van der Waals surface area contributed by atoms with E-state index in [1.807, 2.05) is 56.3 Å². The average Bonchev–Trinajstić information content (AvgIpc) is 3.11. The SMILES string of the molecule is CCc1ccc(-c2noc(CCC(=O)Oc3ccc(C)cc3C)n2)cc1. The van der Waals surface area contributed by atoms with Crippen LogP contribution < -0.4 is 4.74 Å². The van der Waals surface area contributed by atoms with Gasteiger partial charge in [0.1, 0.15) is 5.75 Å². The minimum atomic E-state index is -0.316. The largest absolute Gasteiger partial charge is 0.426 e. The van der Waals surface area contributed by atoms with E-state index in [9.17, 15) is 4.79 Å². The first-order valence-electron chi connectivity index (χ1n) is 8.75. The molecule has 0 unspecified atom stereocenters. The van der Waals surface area contributed by atoms with E-state index in [2.05, 4.69) is 17.1 Å². The van der Waals surface area contributed by atoms with Gasteiger partial charge in [0, 0.05) is 12.0 Å². The van der Waals surface area contributed by atoms with Crippen LogP contribution in [0.4, 0.5) is 0 Å². The van der Waals surface area contributed by atoms with E-state index in [4.69, 9.17) is 9.26 Å². The van der Waals surface area contributed by atoms with Crippen molar-refractivity contribution in [2.75, 3.05) is 0 Å². The monoisotopic (exact) mass is 350 g/mol. The number of carbonyl (C=O) groups excluding carboxylic acids is 1. The summed E-state index contributed by atoms with van der Waals surface area (Å²) < 4.78 is 10.7. The van der Waals surface area contributed by atoms with Gasteiger partial charge >= 0.3 is 5.97 Å².